The van der Waals surface area contributed by atoms with Gasteiger partial charge in [-0.3, -0.25) is 9.63 Å². The molecule has 1 N–H and O–H groups in total. The van der Waals surface area contributed by atoms with Crippen molar-refractivity contribution in [1.82, 2.24) is 5.48 Å². The number of carbonyl (C=O) groups excluding carboxylic acids is 1. The van der Waals surface area contributed by atoms with Crippen molar-refractivity contribution >= 4 is 5.91 Å². The van der Waals surface area contributed by atoms with E-state index in [1.165, 1.54) is 11.1 Å². The molecule has 2 rings (SSSR count). The minimum atomic E-state index is 0.00171. The predicted octanol–water partition coefficient (Wildman–Crippen LogP) is 2.11. The minimum Gasteiger partial charge on any atom is -0.273 e. The maximum absolute atomic E-state index is 11.9. The van der Waals surface area contributed by atoms with E-state index < -0.39 is 0 Å². The standard InChI is InChI=1S/C14H19NO2/c1-10(2)9-17-15-14(16)13-7-11-5-3-4-6-12(11)8-13/h3-6,10,13H,7-9H2,1-2H3,(H,15,16). The third kappa shape index (κ3) is 3.07. The highest BCUT2D eigenvalue weighted by atomic mass is 16.6. The molecule has 1 amide bonds. The van der Waals surface area contributed by atoms with Crippen LogP contribution in [-0.4, -0.2) is 12.5 Å². The van der Waals surface area contributed by atoms with E-state index in [1.54, 1.807) is 0 Å². The summed E-state index contributed by atoms with van der Waals surface area (Å²) in [4.78, 5) is 17.0. The van der Waals surface area contributed by atoms with Gasteiger partial charge in [-0.15, -0.1) is 0 Å². The van der Waals surface area contributed by atoms with Gasteiger partial charge in [-0.2, -0.15) is 0 Å². The van der Waals surface area contributed by atoms with Crippen LogP contribution in [0, 0.1) is 11.8 Å². The van der Waals surface area contributed by atoms with Gasteiger partial charge in [0.2, 0.25) is 5.91 Å². The molecule has 0 spiro atoms. The zero-order valence-electron chi connectivity index (χ0n) is 10.4. The van der Waals surface area contributed by atoms with Gasteiger partial charge in [-0.1, -0.05) is 38.1 Å². The Kier molecular flexibility index (Phi) is 3.79. The summed E-state index contributed by atoms with van der Waals surface area (Å²) in [6.07, 6.45) is 1.65. The molecular formula is C14H19NO2. The van der Waals surface area contributed by atoms with E-state index in [9.17, 15) is 4.79 Å². The van der Waals surface area contributed by atoms with Crippen molar-refractivity contribution in [2.75, 3.05) is 6.61 Å². The molecule has 0 aromatic heterocycles. The molecule has 0 fully saturated rings. The quantitative estimate of drug-likeness (QED) is 0.809. The summed E-state index contributed by atoms with van der Waals surface area (Å²) in [6.45, 7) is 4.67. The Hall–Kier alpha value is -1.35. The van der Waals surface area contributed by atoms with Crippen molar-refractivity contribution in [3.63, 3.8) is 0 Å². The van der Waals surface area contributed by atoms with Crippen LogP contribution in [0.25, 0.3) is 0 Å². The molecule has 0 aliphatic heterocycles. The van der Waals surface area contributed by atoms with Crippen LogP contribution in [-0.2, 0) is 22.5 Å². The molecule has 0 saturated carbocycles. The fraction of sp³-hybridized carbons (Fsp3) is 0.500. The summed E-state index contributed by atoms with van der Waals surface area (Å²) in [7, 11) is 0. The molecule has 0 saturated heterocycles. The second-order valence-electron chi connectivity index (χ2n) is 5.05. The molecule has 1 aliphatic carbocycles. The van der Waals surface area contributed by atoms with Gasteiger partial charge in [0.1, 0.15) is 0 Å². The van der Waals surface area contributed by atoms with E-state index in [2.05, 4.69) is 31.5 Å². The van der Waals surface area contributed by atoms with E-state index in [0.717, 1.165) is 12.8 Å². The number of benzene rings is 1. The Balaban J connectivity index is 1.84. The number of fused-ring (bicyclic) bond motifs is 1. The third-order valence-electron chi connectivity index (χ3n) is 3.01. The number of hydrogen-bond acceptors (Lipinski definition) is 2. The Morgan fingerprint density at radius 2 is 1.94 bits per heavy atom. The molecule has 0 radical (unpaired) electrons. The second-order valence-corrected chi connectivity index (χ2v) is 5.05. The predicted molar refractivity (Wildman–Crippen MR) is 66.3 cm³/mol. The summed E-state index contributed by atoms with van der Waals surface area (Å²) in [6, 6.07) is 8.23. The number of nitrogens with one attached hydrogen (secondary N) is 1. The average molecular weight is 233 g/mol. The first-order chi connectivity index (χ1) is 8.16. The summed E-state index contributed by atoms with van der Waals surface area (Å²) in [5.74, 6) is 0.456. The Bertz CT molecular complexity index is 376. The van der Waals surface area contributed by atoms with Crippen LogP contribution in [0.3, 0.4) is 0 Å². The van der Waals surface area contributed by atoms with Crippen molar-refractivity contribution in [3.8, 4) is 0 Å². The Labute approximate surface area is 102 Å². The Morgan fingerprint density at radius 1 is 1.35 bits per heavy atom. The van der Waals surface area contributed by atoms with E-state index in [4.69, 9.17) is 4.84 Å². The molecule has 0 bridgehead atoms. The van der Waals surface area contributed by atoms with Crippen molar-refractivity contribution in [2.45, 2.75) is 26.7 Å². The molecule has 1 aromatic rings. The summed E-state index contributed by atoms with van der Waals surface area (Å²) in [5.41, 5.74) is 5.13. The number of rotatable bonds is 4. The molecule has 3 nitrogen and oxygen atoms in total. The highest BCUT2D eigenvalue weighted by Crippen LogP contribution is 2.26. The monoisotopic (exact) mass is 233 g/mol. The van der Waals surface area contributed by atoms with Gasteiger partial charge in [0.05, 0.1) is 6.61 Å². The maximum atomic E-state index is 11.9. The van der Waals surface area contributed by atoms with Gasteiger partial charge in [0.25, 0.3) is 0 Å². The second kappa shape index (κ2) is 5.32. The highest BCUT2D eigenvalue weighted by Gasteiger charge is 2.27. The number of hydrogen-bond donors (Lipinski definition) is 1. The number of hydroxylamine groups is 1. The van der Waals surface area contributed by atoms with Gasteiger partial charge in [-0.25, -0.2) is 5.48 Å². The highest BCUT2D eigenvalue weighted by molar-refractivity contribution is 5.79. The molecule has 92 valence electrons. The smallest absolute Gasteiger partial charge is 0.247 e. The number of amides is 1. The fourth-order valence-corrected chi connectivity index (χ4v) is 2.11. The van der Waals surface area contributed by atoms with Crippen molar-refractivity contribution in [2.24, 2.45) is 11.8 Å². The fourth-order valence-electron chi connectivity index (χ4n) is 2.11. The van der Waals surface area contributed by atoms with E-state index >= 15 is 0 Å². The van der Waals surface area contributed by atoms with Gasteiger partial charge in [0, 0.05) is 5.92 Å². The maximum Gasteiger partial charge on any atom is 0.247 e. The van der Waals surface area contributed by atoms with Gasteiger partial charge in [-0.05, 0) is 29.9 Å². The van der Waals surface area contributed by atoms with Crippen LogP contribution in [0.4, 0.5) is 0 Å². The normalized spacial score (nSPS) is 15.0. The molecule has 17 heavy (non-hydrogen) atoms. The van der Waals surface area contributed by atoms with Gasteiger partial charge < -0.3 is 0 Å². The van der Waals surface area contributed by atoms with E-state index in [1.807, 2.05) is 12.1 Å². The van der Waals surface area contributed by atoms with Crippen LogP contribution >= 0.6 is 0 Å². The molecule has 1 aliphatic rings. The minimum absolute atomic E-state index is 0.00171. The molecule has 0 heterocycles. The molecular weight excluding hydrogens is 214 g/mol. The van der Waals surface area contributed by atoms with Crippen LogP contribution < -0.4 is 5.48 Å². The Morgan fingerprint density at radius 3 is 2.47 bits per heavy atom. The van der Waals surface area contributed by atoms with E-state index in [0.29, 0.717) is 12.5 Å². The first-order valence-corrected chi connectivity index (χ1v) is 6.15. The van der Waals surface area contributed by atoms with Crippen molar-refractivity contribution in [3.05, 3.63) is 35.4 Å². The number of carbonyl (C=O) groups is 1. The summed E-state index contributed by atoms with van der Waals surface area (Å²) < 4.78 is 0. The topological polar surface area (TPSA) is 38.3 Å². The third-order valence-corrected chi connectivity index (χ3v) is 3.01. The van der Waals surface area contributed by atoms with Gasteiger partial charge >= 0.3 is 0 Å². The first kappa shape index (κ1) is 12.1. The largest absolute Gasteiger partial charge is 0.273 e. The van der Waals surface area contributed by atoms with Crippen molar-refractivity contribution < 1.29 is 9.63 Å². The summed E-state index contributed by atoms with van der Waals surface area (Å²) in [5, 5.41) is 0. The lowest BCUT2D eigenvalue weighted by Crippen LogP contribution is -2.32. The zero-order chi connectivity index (χ0) is 12.3. The molecule has 0 unspecified atom stereocenters. The van der Waals surface area contributed by atoms with Crippen LogP contribution in [0.15, 0.2) is 24.3 Å². The molecule has 0 atom stereocenters. The average Bonchev–Trinajstić information content (AvgIpc) is 2.71. The van der Waals surface area contributed by atoms with E-state index in [-0.39, 0.29) is 11.8 Å². The lowest BCUT2D eigenvalue weighted by Gasteiger charge is -2.11. The van der Waals surface area contributed by atoms with Crippen molar-refractivity contribution in [1.29, 1.82) is 0 Å². The first-order valence-electron chi connectivity index (χ1n) is 6.15. The van der Waals surface area contributed by atoms with Crippen LogP contribution in [0.5, 0.6) is 0 Å². The van der Waals surface area contributed by atoms with Gasteiger partial charge in [0.15, 0.2) is 0 Å². The molecule has 3 heteroatoms. The lowest BCUT2D eigenvalue weighted by atomic mass is 10.1. The SMILES string of the molecule is CC(C)CONC(=O)C1Cc2ccccc2C1. The molecule has 1 aromatic carbocycles. The zero-order valence-corrected chi connectivity index (χ0v) is 10.4. The summed E-state index contributed by atoms with van der Waals surface area (Å²) >= 11 is 0. The van der Waals surface area contributed by atoms with Crippen LogP contribution in [0.2, 0.25) is 0 Å². The van der Waals surface area contributed by atoms with Crippen LogP contribution in [0.1, 0.15) is 25.0 Å². The lowest BCUT2D eigenvalue weighted by molar-refractivity contribution is -0.138.